The van der Waals surface area contributed by atoms with E-state index in [0.29, 0.717) is 21.3 Å². The van der Waals surface area contributed by atoms with Crippen LogP contribution in [0.2, 0.25) is 0 Å². The third-order valence-corrected chi connectivity index (χ3v) is 6.04. The minimum atomic E-state index is -0.176. The lowest BCUT2D eigenvalue weighted by Gasteiger charge is -2.14. The predicted molar refractivity (Wildman–Crippen MR) is 109 cm³/mol. The summed E-state index contributed by atoms with van der Waals surface area (Å²) in [5, 5.41) is 0. The van der Waals surface area contributed by atoms with Crippen molar-refractivity contribution in [1.82, 2.24) is 4.90 Å². The van der Waals surface area contributed by atoms with Gasteiger partial charge >= 0.3 is 0 Å². The van der Waals surface area contributed by atoms with Crippen molar-refractivity contribution in [1.29, 1.82) is 0 Å². The highest BCUT2D eigenvalue weighted by Gasteiger charge is 2.40. The Kier molecular flexibility index (Phi) is 4.38. The molecule has 2 amide bonds. The lowest BCUT2D eigenvalue weighted by molar-refractivity contribution is -0.122. The van der Waals surface area contributed by atoms with E-state index in [1.54, 1.807) is 16.8 Å². The molecule has 0 aromatic heterocycles. The molecule has 0 aliphatic carbocycles. The summed E-state index contributed by atoms with van der Waals surface area (Å²) < 4.78 is 0.508. The first-order valence-electron chi connectivity index (χ1n) is 8.27. The minimum Gasteiger partial charge on any atom is -0.311 e. The summed E-state index contributed by atoms with van der Waals surface area (Å²) in [5.74, 6) is -0.334. The van der Waals surface area contributed by atoms with Crippen molar-refractivity contribution in [3.8, 4) is 0 Å². The predicted octanol–water partition coefficient (Wildman–Crippen LogP) is 3.48. The van der Waals surface area contributed by atoms with Gasteiger partial charge in [-0.15, -0.1) is 0 Å². The second kappa shape index (κ2) is 6.70. The third kappa shape index (κ3) is 2.75. The van der Waals surface area contributed by atoms with Gasteiger partial charge < -0.3 is 4.90 Å². The van der Waals surface area contributed by atoms with E-state index in [1.807, 2.05) is 54.6 Å². The number of thiocarbonyl (C=S) groups is 1. The smallest absolute Gasteiger partial charge is 0.267 e. The Balaban J connectivity index is 1.65. The number of rotatable bonds is 3. The fraction of sp³-hybridized carbons (Fsp3) is 0.150. The summed E-state index contributed by atoms with van der Waals surface area (Å²) in [6.45, 7) is 0.511. The number of carbonyl (C=O) groups excluding carboxylic acids is 2. The van der Waals surface area contributed by atoms with Gasteiger partial charge in [0, 0.05) is 19.2 Å². The van der Waals surface area contributed by atoms with E-state index in [0.717, 1.165) is 23.2 Å². The molecule has 0 atom stereocenters. The van der Waals surface area contributed by atoms with Crippen LogP contribution < -0.4 is 4.90 Å². The van der Waals surface area contributed by atoms with E-state index in [1.165, 1.54) is 11.8 Å². The molecular weight excluding hydrogens is 364 g/mol. The molecule has 0 N–H and O–H groups in total. The molecule has 1 fully saturated rings. The molecule has 1 saturated heterocycles. The highest BCUT2D eigenvalue weighted by Crippen LogP contribution is 2.43. The summed E-state index contributed by atoms with van der Waals surface area (Å²) in [4.78, 5) is 29.3. The van der Waals surface area contributed by atoms with Crippen LogP contribution in [-0.2, 0) is 16.0 Å². The average Bonchev–Trinajstić information content (AvgIpc) is 3.08. The molecule has 2 aliphatic rings. The molecule has 0 spiro atoms. The van der Waals surface area contributed by atoms with Crippen molar-refractivity contribution in [2.24, 2.45) is 0 Å². The summed E-state index contributed by atoms with van der Waals surface area (Å²) >= 11 is 6.64. The Morgan fingerprint density at radius 3 is 2.42 bits per heavy atom. The third-order valence-electron chi connectivity index (χ3n) is 4.60. The molecule has 130 valence electrons. The minimum absolute atomic E-state index is 0.158. The number of hydrogen-bond acceptors (Lipinski definition) is 4. The molecule has 2 aliphatic heterocycles. The number of anilines is 1. The van der Waals surface area contributed by atoms with Gasteiger partial charge in [0.1, 0.15) is 4.32 Å². The van der Waals surface area contributed by atoms with Crippen LogP contribution in [0.5, 0.6) is 0 Å². The van der Waals surface area contributed by atoms with Gasteiger partial charge in [0.2, 0.25) is 0 Å². The van der Waals surface area contributed by atoms with E-state index in [4.69, 9.17) is 12.2 Å². The number of carbonyl (C=O) groups is 2. The highest BCUT2D eigenvalue weighted by molar-refractivity contribution is 8.26. The van der Waals surface area contributed by atoms with Crippen molar-refractivity contribution in [2.75, 3.05) is 18.5 Å². The molecule has 4 nitrogen and oxygen atoms in total. The summed E-state index contributed by atoms with van der Waals surface area (Å²) in [6.07, 6.45) is 0.723. The average molecular weight is 380 g/mol. The van der Waals surface area contributed by atoms with Gasteiger partial charge in [-0.25, -0.2) is 0 Å². The molecule has 4 rings (SSSR count). The Morgan fingerprint density at radius 2 is 1.65 bits per heavy atom. The van der Waals surface area contributed by atoms with Crippen molar-refractivity contribution in [2.45, 2.75) is 6.42 Å². The van der Waals surface area contributed by atoms with Crippen molar-refractivity contribution < 1.29 is 9.59 Å². The SMILES string of the molecule is CN1C(=O)C(=C2SC(=S)N(CCc3ccccc3)C2=O)c2ccccc21. The largest absolute Gasteiger partial charge is 0.311 e. The lowest BCUT2D eigenvalue weighted by atomic mass is 10.1. The van der Waals surface area contributed by atoms with Crippen molar-refractivity contribution in [3.63, 3.8) is 0 Å². The van der Waals surface area contributed by atoms with E-state index in [2.05, 4.69) is 0 Å². The maximum Gasteiger partial charge on any atom is 0.267 e. The maximum absolute atomic E-state index is 13.0. The normalized spacial score (nSPS) is 19.5. The second-order valence-electron chi connectivity index (χ2n) is 6.15. The van der Waals surface area contributed by atoms with E-state index >= 15 is 0 Å². The van der Waals surface area contributed by atoms with Gasteiger partial charge in [-0.05, 0) is 18.1 Å². The number of thioether (sulfide) groups is 1. The topological polar surface area (TPSA) is 40.6 Å². The molecular formula is C20H16N2O2S2. The van der Waals surface area contributed by atoms with Crippen LogP contribution >= 0.6 is 24.0 Å². The zero-order chi connectivity index (χ0) is 18.3. The van der Waals surface area contributed by atoms with Gasteiger partial charge in [0.25, 0.3) is 11.8 Å². The second-order valence-corrected chi connectivity index (χ2v) is 7.79. The molecule has 0 saturated carbocycles. The van der Waals surface area contributed by atoms with Crippen LogP contribution in [0, 0.1) is 0 Å². The summed E-state index contributed by atoms with van der Waals surface area (Å²) in [7, 11) is 1.73. The fourth-order valence-corrected chi connectivity index (χ4v) is 4.60. The van der Waals surface area contributed by atoms with E-state index in [9.17, 15) is 9.59 Å². The van der Waals surface area contributed by atoms with Crippen LogP contribution in [0.4, 0.5) is 5.69 Å². The molecule has 6 heteroatoms. The number of hydrogen-bond donors (Lipinski definition) is 0. The zero-order valence-electron chi connectivity index (χ0n) is 14.1. The van der Waals surface area contributed by atoms with Gasteiger partial charge in [-0.1, -0.05) is 72.5 Å². The number of benzene rings is 2. The Hall–Kier alpha value is -2.44. The van der Waals surface area contributed by atoms with Gasteiger partial charge in [-0.2, -0.15) is 0 Å². The Labute approximate surface area is 161 Å². The monoisotopic (exact) mass is 380 g/mol. The van der Waals surface area contributed by atoms with Gasteiger partial charge in [-0.3, -0.25) is 14.5 Å². The van der Waals surface area contributed by atoms with Gasteiger partial charge in [0.15, 0.2) is 0 Å². The van der Waals surface area contributed by atoms with E-state index < -0.39 is 0 Å². The quantitative estimate of drug-likeness (QED) is 0.604. The number of nitrogens with zero attached hydrogens (tertiary/aromatic N) is 2. The summed E-state index contributed by atoms with van der Waals surface area (Å²) in [5.41, 5.74) is 3.23. The molecule has 2 aromatic carbocycles. The highest BCUT2D eigenvalue weighted by atomic mass is 32.2. The first kappa shape index (κ1) is 17.0. The van der Waals surface area contributed by atoms with Gasteiger partial charge in [0.05, 0.1) is 16.2 Å². The van der Waals surface area contributed by atoms with Crippen molar-refractivity contribution >= 4 is 51.4 Å². The first-order chi connectivity index (χ1) is 12.6. The number of likely N-dealkylation sites (N-methyl/N-ethyl adjacent to an activating group) is 1. The molecule has 2 heterocycles. The molecule has 0 unspecified atom stereocenters. The molecule has 2 aromatic rings. The standard InChI is InChI=1S/C20H16N2O2S2/c1-21-15-10-6-5-9-14(15)16(18(21)23)17-19(24)22(20(25)26-17)12-11-13-7-3-2-4-8-13/h2-10H,11-12H2,1H3. The van der Waals surface area contributed by atoms with Crippen LogP contribution in [0.3, 0.4) is 0 Å². The van der Waals surface area contributed by atoms with Crippen LogP contribution in [0.15, 0.2) is 59.5 Å². The fourth-order valence-electron chi connectivity index (χ4n) is 3.22. The number of amides is 2. The van der Waals surface area contributed by atoms with Crippen LogP contribution in [-0.4, -0.2) is 34.6 Å². The van der Waals surface area contributed by atoms with Crippen LogP contribution in [0.25, 0.3) is 5.57 Å². The number of fused-ring (bicyclic) bond motifs is 1. The zero-order valence-corrected chi connectivity index (χ0v) is 15.8. The number of para-hydroxylation sites is 1. The molecule has 26 heavy (non-hydrogen) atoms. The Morgan fingerprint density at radius 1 is 0.962 bits per heavy atom. The molecule has 0 radical (unpaired) electrons. The Bertz CT molecular complexity index is 953. The molecule has 0 bridgehead atoms. The first-order valence-corrected chi connectivity index (χ1v) is 9.49. The summed E-state index contributed by atoms with van der Waals surface area (Å²) in [6, 6.07) is 17.5. The van der Waals surface area contributed by atoms with Crippen molar-refractivity contribution in [3.05, 3.63) is 70.6 Å². The lowest BCUT2D eigenvalue weighted by Crippen LogP contribution is -2.30. The maximum atomic E-state index is 13.0. The van der Waals surface area contributed by atoms with E-state index in [-0.39, 0.29) is 11.8 Å². The van der Waals surface area contributed by atoms with Crippen LogP contribution in [0.1, 0.15) is 11.1 Å².